The lowest BCUT2D eigenvalue weighted by atomic mass is 10.2. The van der Waals surface area contributed by atoms with Gasteiger partial charge in [0.05, 0.1) is 18.4 Å². The van der Waals surface area contributed by atoms with Crippen molar-refractivity contribution in [2.75, 3.05) is 0 Å². The van der Waals surface area contributed by atoms with Crippen LogP contribution in [0.1, 0.15) is 25.0 Å². The molecule has 0 spiro atoms. The van der Waals surface area contributed by atoms with Gasteiger partial charge in [-0.05, 0) is 32.3 Å². The summed E-state index contributed by atoms with van der Waals surface area (Å²) >= 11 is 0. The number of carbonyl (C=O) groups is 1. The highest BCUT2D eigenvalue weighted by Crippen LogP contribution is 2.24. The van der Waals surface area contributed by atoms with E-state index < -0.39 is 0 Å². The molecule has 2 aromatic heterocycles. The maximum Gasteiger partial charge on any atom is 0.242 e. The summed E-state index contributed by atoms with van der Waals surface area (Å²) in [6.45, 7) is 2.18. The lowest BCUT2D eigenvalue weighted by Gasteiger charge is -2.21. The number of carbonyl (C=O) groups excluding carboxylic acids is 1. The predicted molar refractivity (Wildman–Crippen MR) is 80.4 cm³/mol. The minimum Gasteiger partial charge on any atom is -0.485 e. The summed E-state index contributed by atoms with van der Waals surface area (Å²) in [6.07, 6.45) is 8.18. The smallest absolute Gasteiger partial charge is 0.242 e. The molecule has 3 rings (SSSR count). The van der Waals surface area contributed by atoms with Gasteiger partial charge in [0.25, 0.3) is 0 Å². The van der Waals surface area contributed by atoms with Crippen LogP contribution >= 0.6 is 0 Å². The normalized spacial score (nSPS) is 21.0. The van der Waals surface area contributed by atoms with Gasteiger partial charge in [-0.1, -0.05) is 0 Å². The largest absolute Gasteiger partial charge is 0.485 e. The zero-order valence-corrected chi connectivity index (χ0v) is 12.9. The van der Waals surface area contributed by atoms with E-state index >= 15 is 0 Å². The van der Waals surface area contributed by atoms with E-state index in [0.29, 0.717) is 0 Å². The molecule has 0 aliphatic heterocycles. The van der Waals surface area contributed by atoms with E-state index in [9.17, 15) is 4.79 Å². The highest BCUT2D eigenvalue weighted by Gasteiger charge is 2.30. The summed E-state index contributed by atoms with van der Waals surface area (Å²) in [5.41, 5.74) is 0.977. The van der Waals surface area contributed by atoms with E-state index in [1.807, 2.05) is 26.2 Å². The summed E-state index contributed by atoms with van der Waals surface area (Å²) in [4.78, 5) is 12.2. The van der Waals surface area contributed by atoms with Crippen LogP contribution in [0.2, 0.25) is 0 Å². The number of rotatable bonds is 5. The summed E-state index contributed by atoms with van der Waals surface area (Å²) < 4.78 is 9.35. The Balaban J connectivity index is 1.56. The van der Waals surface area contributed by atoms with Crippen LogP contribution in [0.25, 0.3) is 0 Å². The van der Waals surface area contributed by atoms with Crippen LogP contribution in [0.15, 0.2) is 24.7 Å². The van der Waals surface area contributed by atoms with Crippen molar-refractivity contribution in [2.45, 2.75) is 44.9 Å². The molecule has 1 amide bonds. The number of amides is 1. The number of aryl methyl sites for hydroxylation is 2. The zero-order valence-electron chi connectivity index (χ0n) is 12.9. The van der Waals surface area contributed by atoms with Crippen molar-refractivity contribution in [3.05, 3.63) is 30.4 Å². The van der Waals surface area contributed by atoms with Crippen molar-refractivity contribution in [1.82, 2.24) is 24.9 Å². The molecule has 1 aliphatic rings. The number of nitrogens with zero attached hydrogens (tertiary/aromatic N) is 4. The standard InChI is InChI=1S/C15H21N5O2/c1-11-6-7-16-20(11)10-15(21)18-13-4-3-5-14(13)22-12-8-17-19(2)9-12/h6-9,13-14H,3-5,10H2,1-2H3,(H,18,21)/t13-,14+/m0/s1. The summed E-state index contributed by atoms with van der Waals surface area (Å²) in [7, 11) is 1.85. The topological polar surface area (TPSA) is 74.0 Å². The van der Waals surface area contributed by atoms with E-state index in [1.54, 1.807) is 21.8 Å². The monoisotopic (exact) mass is 303 g/mol. The van der Waals surface area contributed by atoms with Gasteiger partial charge in [0.2, 0.25) is 5.91 Å². The molecule has 1 aliphatic carbocycles. The molecule has 7 heteroatoms. The van der Waals surface area contributed by atoms with Crippen LogP contribution in [-0.4, -0.2) is 37.6 Å². The highest BCUT2D eigenvalue weighted by molar-refractivity contribution is 5.76. The number of hydrogen-bond acceptors (Lipinski definition) is 4. The Morgan fingerprint density at radius 1 is 1.45 bits per heavy atom. The van der Waals surface area contributed by atoms with Crippen LogP contribution in [0.3, 0.4) is 0 Å². The second-order valence-corrected chi connectivity index (χ2v) is 5.74. The van der Waals surface area contributed by atoms with Crippen molar-refractivity contribution in [3.63, 3.8) is 0 Å². The third-order valence-electron chi connectivity index (χ3n) is 3.99. The summed E-state index contributed by atoms with van der Waals surface area (Å²) in [6, 6.07) is 1.93. The van der Waals surface area contributed by atoms with Crippen LogP contribution < -0.4 is 10.1 Å². The van der Waals surface area contributed by atoms with E-state index in [2.05, 4.69) is 15.5 Å². The van der Waals surface area contributed by atoms with Crippen molar-refractivity contribution in [3.8, 4) is 5.75 Å². The van der Waals surface area contributed by atoms with E-state index in [1.165, 1.54) is 0 Å². The highest BCUT2D eigenvalue weighted by atomic mass is 16.5. The molecule has 118 valence electrons. The van der Waals surface area contributed by atoms with E-state index in [4.69, 9.17) is 4.74 Å². The number of hydrogen-bond donors (Lipinski definition) is 1. The lowest BCUT2D eigenvalue weighted by Crippen LogP contribution is -2.43. The minimum atomic E-state index is -0.0292. The first-order valence-corrected chi connectivity index (χ1v) is 7.55. The average molecular weight is 303 g/mol. The quantitative estimate of drug-likeness (QED) is 0.895. The maximum absolute atomic E-state index is 12.2. The predicted octanol–water partition coefficient (Wildman–Crippen LogP) is 1.04. The van der Waals surface area contributed by atoms with Gasteiger partial charge in [0.15, 0.2) is 5.75 Å². The Morgan fingerprint density at radius 2 is 2.32 bits per heavy atom. The fourth-order valence-corrected chi connectivity index (χ4v) is 2.82. The molecule has 1 fully saturated rings. The van der Waals surface area contributed by atoms with E-state index in [-0.39, 0.29) is 24.6 Å². The molecular weight excluding hydrogens is 282 g/mol. The SMILES string of the molecule is Cc1ccnn1CC(=O)N[C@H]1CCC[C@H]1Oc1cnn(C)c1. The van der Waals surface area contributed by atoms with Gasteiger partial charge in [0.1, 0.15) is 12.6 Å². The second-order valence-electron chi connectivity index (χ2n) is 5.74. The molecule has 0 unspecified atom stereocenters. The molecule has 2 heterocycles. The number of aromatic nitrogens is 4. The Bertz CT molecular complexity index is 648. The van der Waals surface area contributed by atoms with E-state index in [0.717, 1.165) is 30.7 Å². The molecular formula is C15H21N5O2. The maximum atomic E-state index is 12.2. The Labute approximate surface area is 129 Å². The lowest BCUT2D eigenvalue weighted by molar-refractivity contribution is -0.123. The molecule has 1 N–H and O–H groups in total. The van der Waals surface area contributed by atoms with Gasteiger partial charge in [-0.15, -0.1) is 0 Å². The molecule has 22 heavy (non-hydrogen) atoms. The molecule has 2 aromatic rings. The van der Waals surface area contributed by atoms with Crippen LogP contribution in [0, 0.1) is 6.92 Å². The van der Waals surface area contributed by atoms with Crippen LogP contribution in [-0.2, 0) is 18.4 Å². The minimum absolute atomic E-state index is 0.00636. The molecule has 0 radical (unpaired) electrons. The first-order valence-electron chi connectivity index (χ1n) is 7.55. The second kappa shape index (κ2) is 6.21. The van der Waals surface area contributed by atoms with Crippen LogP contribution in [0.5, 0.6) is 5.75 Å². The Morgan fingerprint density at radius 3 is 3.00 bits per heavy atom. The zero-order chi connectivity index (χ0) is 15.5. The molecule has 0 aromatic carbocycles. The first-order chi connectivity index (χ1) is 10.6. The molecule has 2 atom stereocenters. The molecule has 7 nitrogen and oxygen atoms in total. The number of nitrogens with one attached hydrogen (secondary N) is 1. The third-order valence-corrected chi connectivity index (χ3v) is 3.99. The van der Waals surface area contributed by atoms with Crippen molar-refractivity contribution in [1.29, 1.82) is 0 Å². The van der Waals surface area contributed by atoms with Crippen molar-refractivity contribution in [2.24, 2.45) is 7.05 Å². The molecule has 0 bridgehead atoms. The van der Waals surface area contributed by atoms with Crippen molar-refractivity contribution >= 4 is 5.91 Å². The Kier molecular flexibility index (Phi) is 4.13. The average Bonchev–Trinajstić information content (AvgIpc) is 3.16. The number of ether oxygens (including phenoxy) is 1. The van der Waals surface area contributed by atoms with Gasteiger partial charge in [0, 0.05) is 18.9 Å². The van der Waals surface area contributed by atoms with Gasteiger partial charge in [-0.3, -0.25) is 14.2 Å². The van der Waals surface area contributed by atoms with Gasteiger partial charge < -0.3 is 10.1 Å². The fraction of sp³-hybridized carbons (Fsp3) is 0.533. The van der Waals surface area contributed by atoms with Crippen LogP contribution in [0.4, 0.5) is 0 Å². The summed E-state index contributed by atoms with van der Waals surface area (Å²) in [5, 5.41) is 11.3. The van der Waals surface area contributed by atoms with Gasteiger partial charge in [-0.2, -0.15) is 10.2 Å². The molecule has 0 saturated heterocycles. The summed E-state index contributed by atoms with van der Waals surface area (Å²) in [5.74, 6) is 0.718. The van der Waals surface area contributed by atoms with Crippen molar-refractivity contribution < 1.29 is 9.53 Å². The third kappa shape index (κ3) is 3.29. The van der Waals surface area contributed by atoms with Gasteiger partial charge >= 0.3 is 0 Å². The Hall–Kier alpha value is -2.31. The first kappa shape index (κ1) is 14.6. The fourth-order valence-electron chi connectivity index (χ4n) is 2.82. The van der Waals surface area contributed by atoms with Gasteiger partial charge in [-0.25, -0.2) is 0 Å². The molecule has 1 saturated carbocycles.